The Morgan fingerprint density at radius 1 is 0.492 bits per heavy atom. The number of aryl methyl sites for hydroxylation is 2. The number of pyridine rings is 1. The summed E-state index contributed by atoms with van der Waals surface area (Å²) in [5.41, 5.74) is 23.6. The van der Waals surface area contributed by atoms with Crippen molar-refractivity contribution in [2.45, 2.75) is 45.9 Å². The van der Waals surface area contributed by atoms with Gasteiger partial charge in [-0.3, -0.25) is 0 Å². The SMILES string of the molecule is Cc1ccc(-c2cc[n+]3c(c2)-c2cc(-c4ccccc4)cc4c2C32Oc3ccccc3-c3n(-c5cc(C)c(-c6ccccc6)cc5-c5ccc(C(C)(C)C)cc5)c5cccc-4c5[n+]32)cc1. The van der Waals surface area contributed by atoms with Crippen LogP contribution < -0.4 is 13.9 Å². The van der Waals surface area contributed by atoms with Crippen molar-refractivity contribution in [3.63, 3.8) is 0 Å². The second-order valence-corrected chi connectivity index (χ2v) is 19.1. The first-order valence-corrected chi connectivity index (χ1v) is 22.7. The van der Waals surface area contributed by atoms with Crippen molar-refractivity contribution in [1.29, 1.82) is 0 Å². The Morgan fingerprint density at radius 2 is 1.14 bits per heavy atom. The lowest BCUT2D eigenvalue weighted by Gasteiger charge is -2.32. The van der Waals surface area contributed by atoms with E-state index < -0.39 is 5.85 Å². The number of para-hydroxylation sites is 2. The van der Waals surface area contributed by atoms with Gasteiger partial charge in [-0.15, -0.1) is 9.13 Å². The first-order valence-electron chi connectivity index (χ1n) is 22.7. The van der Waals surface area contributed by atoms with E-state index >= 15 is 0 Å². The molecule has 3 aliphatic rings. The summed E-state index contributed by atoms with van der Waals surface area (Å²) in [5, 5.41) is 0. The van der Waals surface area contributed by atoms with Gasteiger partial charge in [0.25, 0.3) is 0 Å². The minimum absolute atomic E-state index is 0.0320. The van der Waals surface area contributed by atoms with Crippen molar-refractivity contribution in [3.8, 4) is 89.7 Å². The van der Waals surface area contributed by atoms with Crippen LogP contribution in [0.15, 0.2) is 194 Å². The van der Waals surface area contributed by atoms with E-state index in [2.05, 4.69) is 243 Å². The Hall–Kier alpha value is -7.82. The highest BCUT2D eigenvalue weighted by Crippen LogP contribution is 2.54. The number of ether oxygens (including phenoxy) is 1. The van der Waals surface area contributed by atoms with Gasteiger partial charge >= 0.3 is 11.7 Å². The number of fused-ring (bicyclic) bond motifs is 5. The van der Waals surface area contributed by atoms with Gasteiger partial charge in [0.05, 0.1) is 5.56 Å². The van der Waals surface area contributed by atoms with Gasteiger partial charge in [-0.25, -0.2) is 0 Å². The lowest BCUT2D eigenvalue weighted by molar-refractivity contribution is -0.997. The fraction of sp³-hybridized carbons (Fsp3) is 0.115. The molecule has 4 nitrogen and oxygen atoms in total. The van der Waals surface area contributed by atoms with Crippen LogP contribution in [0.3, 0.4) is 0 Å². The largest absolute Gasteiger partial charge is 0.499 e. The van der Waals surface area contributed by atoms with E-state index in [0.717, 1.165) is 45.1 Å². The van der Waals surface area contributed by atoms with E-state index in [1.165, 1.54) is 77.9 Å². The van der Waals surface area contributed by atoms with E-state index in [4.69, 9.17) is 4.74 Å². The number of rotatable bonds is 5. The smallest absolute Gasteiger partial charge is 0.392 e. The molecule has 0 saturated carbocycles. The van der Waals surface area contributed by atoms with Crippen molar-refractivity contribution in [1.82, 2.24) is 4.57 Å². The molecule has 0 N–H and O–H groups in total. The van der Waals surface area contributed by atoms with Crippen LogP contribution in [0.4, 0.5) is 0 Å². The van der Waals surface area contributed by atoms with Gasteiger partial charge in [-0.1, -0.05) is 154 Å². The summed E-state index contributed by atoms with van der Waals surface area (Å²) in [6.45, 7) is 11.3. The third kappa shape index (κ3) is 5.37. The van der Waals surface area contributed by atoms with E-state index in [9.17, 15) is 0 Å². The van der Waals surface area contributed by atoms with Crippen molar-refractivity contribution < 1.29 is 13.9 Å². The summed E-state index contributed by atoms with van der Waals surface area (Å²) in [6.07, 6.45) is 2.26. The van der Waals surface area contributed by atoms with Gasteiger partial charge < -0.3 is 4.74 Å². The average Bonchev–Trinajstić information content (AvgIpc) is 3.83. The van der Waals surface area contributed by atoms with Crippen LogP contribution >= 0.6 is 0 Å². The second kappa shape index (κ2) is 13.6. The monoisotopic (exact) mass is 837 g/mol. The van der Waals surface area contributed by atoms with Gasteiger partial charge in [0.1, 0.15) is 22.6 Å². The Bertz CT molecular complexity index is 3600. The topological polar surface area (TPSA) is 21.9 Å². The standard InChI is InChI=1S/C61H47N3O/c1-38-23-25-41(26-24-38)44-31-32-62-54(36-44)52-35-45(40-15-8-6-9-16-40)34-51-47-20-14-21-53-58(47)64-59(48-19-12-13-22-56(48)65-61(62,64)57(51)52)63(53)55-33-39(2)49(42-17-10-7-11-18-42)37-50(55)43-27-29-46(30-28-43)60(3,4)5/h6-37H,1-5H3/q+2. The van der Waals surface area contributed by atoms with Crippen LogP contribution in [-0.2, 0) is 11.3 Å². The summed E-state index contributed by atoms with van der Waals surface area (Å²) < 4.78 is 15.2. The van der Waals surface area contributed by atoms with Crippen LogP contribution in [0.5, 0.6) is 5.75 Å². The Morgan fingerprint density at radius 3 is 1.89 bits per heavy atom. The van der Waals surface area contributed by atoms with Gasteiger partial charge in [-0.05, 0) is 118 Å². The first-order chi connectivity index (χ1) is 31.7. The molecule has 1 spiro atoms. The molecule has 0 aliphatic carbocycles. The maximum absolute atomic E-state index is 7.73. The molecule has 65 heavy (non-hydrogen) atoms. The molecule has 3 aliphatic heterocycles. The molecule has 0 radical (unpaired) electrons. The van der Waals surface area contributed by atoms with Crippen LogP contribution in [0.2, 0.25) is 0 Å². The molecule has 10 aromatic rings. The molecular formula is C61H47N3O+2. The van der Waals surface area contributed by atoms with Crippen molar-refractivity contribution in [2.75, 3.05) is 0 Å². The lowest BCUT2D eigenvalue weighted by Crippen LogP contribution is -2.78. The summed E-state index contributed by atoms with van der Waals surface area (Å²) in [6, 6.07) is 69.5. The molecular weight excluding hydrogens is 791 g/mol. The molecule has 2 aromatic heterocycles. The highest BCUT2D eigenvalue weighted by molar-refractivity contribution is 6.00. The zero-order chi connectivity index (χ0) is 43.8. The van der Waals surface area contributed by atoms with E-state index in [-0.39, 0.29) is 5.41 Å². The molecule has 0 saturated heterocycles. The molecule has 4 heteroatoms. The summed E-state index contributed by atoms with van der Waals surface area (Å²) in [5.74, 6) is 0.872. The summed E-state index contributed by atoms with van der Waals surface area (Å²) in [4.78, 5) is 0. The van der Waals surface area contributed by atoms with E-state index in [1.54, 1.807) is 0 Å². The molecule has 1 atom stereocenters. The second-order valence-electron chi connectivity index (χ2n) is 19.1. The van der Waals surface area contributed by atoms with Crippen molar-refractivity contribution in [3.05, 3.63) is 217 Å². The van der Waals surface area contributed by atoms with E-state index in [0.29, 0.717) is 0 Å². The lowest BCUT2D eigenvalue weighted by atomic mass is 9.85. The molecule has 0 bridgehead atoms. The molecule has 5 heterocycles. The summed E-state index contributed by atoms with van der Waals surface area (Å²) in [7, 11) is 0. The van der Waals surface area contributed by atoms with Gasteiger partial charge in [-0.2, -0.15) is 4.57 Å². The van der Waals surface area contributed by atoms with Gasteiger partial charge in [0.15, 0.2) is 17.2 Å². The van der Waals surface area contributed by atoms with Crippen LogP contribution in [0, 0.1) is 13.8 Å². The minimum atomic E-state index is -1.06. The molecule has 1 unspecified atom stereocenters. The van der Waals surface area contributed by atoms with Crippen LogP contribution in [0.25, 0.3) is 95.0 Å². The highest BCUT2D eigenvalue weighted by atomic mass is 16.5. The number of benzene rings is 8. The number of nitrogens with zero attached hydrogens (tertiary/aromatic N) is 3. The van der Waals surface area contributed by atoms with Crippen molar-refractivity contribution in [2.24, 2.45) is 0 Å². The maximum Gasteiger partial charge on any atom is 0.499 e. The molecule has 13 rings (SSSR count). The quantitative estimate of drug-likeness (QED) is 0.158. The van der Waals surface area contributed by atoms with Gasteiger partial charge in [0.2, 0.25) is 5.69 Å². The minimum Gasteiger partial charge on any atom is -0.392 e. The number of hydrogen-bond acceptors (Lipinski definition) is 1. The van der Waals surface area contributed by atoms with E-state index in [1.807, 2.05) is 0 Å². The molecule has 0 fully saturated rings. The first kappa shape index (κ1) is 37.7. The fourth-order valence-electron chi connectivity index (χ4n) is 10.9. The van der Waals surface area contributed by atoms with Crippen molar-refractivity contribution >= 4 is 11.0 Å². The van der Waals surface area contributed by atoms with Gasteiger partial charge in [0, 0.05) is 28.8 Å². The molecule has 310 valence electrons. The highest BCUT2D eigenvalue weighted by Gasteiger charge is 2.68. The molecule has 0 amide bonds. The predicted octanol–water partition coefficient (Wildman–Crippen LogP) is 14.0. The molecule has 8 aromatic carbocycles. The Kier molecular flexibility index (Phi) is 7.89. The maximum atomic E-state index is 7.73. The average molecular weight is 838 g/mol. The predicted molar refractivity (Wildman–Crippen MR) is 263 cm³/mol. The van der Waals surface area contributed by atoms with Crippen LogP contribution in [0.1, 0.15) is 43.0 Å². The Labute approximate surface area is 379 Å². The van der Waals surface area contributed by atoms with Crippen LogP contribution in [-0.4, -0.2) is 4.57 Å². The zero-order valence-corrected chi connectivity index (χ0v) is 37.2. The normalized spacial score (nSPS) is 15.0. The number of hydrogen-bond donors (Lipinski definition) is 0. The zero-order valence-electron chi connectivity index (χ0n) is 37.2. The third-order valence-electron chi connectivity index (χ3n) is 14.1. The number of aromatic nitrogens is 3. The summed E-state index contributed by atoms with van der Waals surface area (Å²) >= 11 is 0. The fourth-order valence-corrected chi connectivity index (χ4v) is 10.9. The third-order valence-corrected chi connectivity index (χ3v) is 14.1. The number of imidazole rings is 1. The Balaban J connectivity index is 1.17.